The molecule has 0 spiro atoms. The summed E-state index contributed by atoms with van der Waals surface area (Å²) < 4.78 is 5.56. The minimum atomic E-state index is -1.82. The lowest BCUT2D eigenvalue weighted by atomic mass is 10.2. The number of carboxylic acid groups (broad SMARTS) is 2. The molecule has 1 aliphatic rings. The van der Waals surface area contributed by atoms with Crippen LogP contribution in [-0.2, 0) is 9.59 Å². The Kier molecular flexibility index (Phi) is 9.07. The first kappa shape index (κ1) is 21.4. The number of nitrogens with zero attached hydrogens (tertiary/aromatic N) is 2. The largest absolute Gasteiger partial charge is 0.487 e. The molecular formula is C17H24N2O7. The zero-order valence-corrected chi connectivity index (χ0v) is 14.7. The quantitative estimate of drug-likeness (QED) is 0.324. The Hall–Kier alpha value is -2.68. The number of likely N-dealkylation sites (tertiary alicyclic amines) is 1. The van der Waals surface area contributed by atoms with E-state index in [4.69, 9.17) is 24.5 Å². The summed E-state index contributed by atoms with van der Waals surface area (Å²) in [6, 6.07) is 5.08. The van der Waals surface area contributed by atoms with Gasteiger partial charge in [-0.2, -0.15) is 0 Å². The maximum absolute atomic E-state index is 11.0. The van der Waals surface area contributed by atoms with Crippen molar-refractivity contribution in [2.75, 3.05) is 26.2 Å². The number of nitro benzene ring substituents is 1. The summed E-state index contributed by atoms with van der Waals surface area (Å²) in [5, 5.41) is 25.7. The van der Waals surface area contributed by atoms with E-state index in [-0.39, 0.29) is 10.6 Å². The van der Waals surface area contributed by atoms with Crippen LogP contribution in [0.25, 0.3) is 0 Å². The number of ether oxygens (including phenoxy) is 1. The van der Waals surface area contributed by atoms with E-state index in [0.29, 0.717) is 12.4 Å². The second-order valence-corrected chi connectivity index (χ2v) is 5.94. The van der Waals surface area contributed by atoms with Crippen molar-refractivity contribution in [2.24, 2.45) is 0 Å². The molecule has 0 unspecified atom stereocenters. The van der Waals surface area contributed by atoms with Gasteiger partial charge in [-0.05, 0) is 63.9 Å². The Morgan fingerprint density at radius 2 is 1.81 bits per heavy atom. The highest BCUT2D eigenvalue weighted by atomic mass is 16.6. The number of carboxylic acids is 2. The third-order valence-electron chi connectivity index (χ3n) is 3.82. The second kappa shape index (κ2) is 11.0. The highest BCUT2D eigenvalue weighted by Crippen LogP contribution is 2.27. The Labute approximate surface area is 151 Å². The molecule has 1 fully saturated rings. The molecule has 0 radical (unpaired) electrons. The van der Waals surface area contributed by atoms with Gasteiger partial charge < -0.3 is 19.8 Å². The van der Waals surface area contributed by atoms with E-state index in [0.717, 1.165) is 24.9 Å². The van der Waals surface area contributed by atoms with Gasteiger partial charge in [0.25, 0.3) is 0 Å². The molecule has 1 aromatic carbocycles. The topological polar surface area (TPSA) is 130 Å². The maximum atomic E-state index is 11.0. The summed E-state index contributed by atoms with van der Waals surface area (Å²) in [6.45, 7) is 5.92. The Morgan fingerprint density at radius 3 is 2.35 bits per heavy atom. The van der Waals surface area contributed by atoms with E-state index in [2.05, 4.69) is 4.90 Å². The van der Waals surface area contributed by atoms with E-state index in [1.807, 2.05) is 13.0 Å². The van der Waals surface area contributed by atoms with Crippen molar-refractivity contribution in [3.63, 3.8) is 0 Å². The Balaban J connectivity index is 0.000000487. The van der Waals surface area contributed by atoms with Crippen LogP contribution in [-0.4, -0.2) is 58.2 Å². The van der Waals surface area contributed by atoms with Crippen LogP contribution in [0.1, 0.15) is 31.2 Å². The number of aliphatic carboxylic acids is 2. The van der Waals surface area contributed by atoms with Crippen LogP contribution in [0.4, 0.5) is 5.69 Å². The van der Waals surface area contributed by atoms with Crippen LogP contribution in [0.15, 0.2) is 18.2 Å². The molecule has 0 aliphatic carbocycles. The molecule has 0 bridgehead atoms. The Bertz CT molecular complexity index is 616. The molecule has 0 amide bonds. The fourth-order valence-electron chi connectivity index (χ4n) is 2.52. The predicted octanol–water partition coefficient (Wildman–Crippen LogP) is 2.31. The van der Waals surface area contributed by atoms with Gasteiger partial charge in [0.1, 0.15) is 0 Å². The zero-order chi connectivity index (χ0) is 19.5. The minimum absolute atomic E-state index is 0.0598. The second-order valence-electron chi connectivity index (χ2n) is 5.94. The van der Waals surface area contributed by atoms with Gasteiger partial charge in [-0.1, -0.05) is 6.07 Å². The Morgan fingerprint density at radius 1 is 1.19 bits per heavy atom. The number of rotatable bonds is 7. The van der Waals surface area contributed by atoms with Gasteiger partial charge in [-0.3, -0.25) is 10.1 Å². The van der Waals surface area contributed by atoms with Gasteiger partial charge in [0, 0.05) is 6.07 Å². The lowest BCUT2D eigenvalue weighted by Gasteiger charge is -2.14. The fourth-order valence-corrected chi connectivity index (χ4v) is 2.52. The molecule has 1 heterocycles. The molecule has 2 rings (SSSR count). The number of carbonyl (C=O) groups is 2. The van der Waals surface area contributed by atoms with Gasteiger partial charge in [-0.25, -0.2) is 9.59 Å². The average molecular weight is 368 g/mol. The van der Waals surface area contributed by atoms with Crippen molar-refractivity contribution < 1.29 is 29.5 Å². The molecular weight excluding hydrogens is 344 g/mol. The smallest absolute Gasteiger partial charge is 0.414 e. The van der Waals surface area contributed by atoms with Crippen LogP contribution in [0.5, 0.6) is 5.75 Å². The van der Waals surface area contributed by atoms with E-state index in [9.17, 15) is 10.1 Å². The van der Waals surface area contributed by atoms with Crippen molar-refractivity contribution in [3.8, 4) is 5.75 Å². The van der Waals surface area contributed by atoms with Crippen LogP contribution in [0.2, 0.25) is 0 Å². The van der Waals surface area contributed by atoms with Crippen molar-refractivity contribution in [1.29, 1.82) is 0 Å². The summed E-state index contributed by atoms with van der Waals surface area (Å²) in [5.74, 6) is -3.27. The summed E-state index contributed by atoms with van der Waals surface area (Å²) >= 11 is 0. The molecule has 2 N–H and O–H groups in total. The van der Waals surface area contributed by atoms with Crippen molar-refractivity contribution in [3.05, 3.63) is 33.9 Å². The summed E-state index contributed by atoms with van der Waals surface area (Å²) in [5.41, 5.74) is 0.933. The lowest BCUT2D eigenvalue weighted by molar-refractivity contribution is -0.385. The zero-order valence-electron chi connectivity index (χ0n) is 14.7. The number of unbranched alkanes of at least 4 members (excludes halogenated alkanes) is 1. The van der Waals surface area contributed by atoms with Crippen LogP contribution >= 0.6 is 0 Å². The summed E-state index contributed by atoms with van der Waals surface area (Å²) in [7, 11) is 0. The molecule has 0 aromatic heterocycles. The van der Waals surface area contributed by atoms with E-state index in [1.165, 1.54) is 25.9 Å². The van der Waals surface area contributed by atoms with E-state index in [1.54, 1.807) is 12.1 Å². The predicted molar refractivity (Wildman–Crippen MR) is 93.5 cm³/mol. The number of hydrogen-bond donors (Lipinski definition) is 2. The van der Waals surface area contributed by atoms with Crippen molar-refractivity contribution >= 4 is 17.6 Å². The third-order valence-corrected chi connectivity index (χ3v) is 3.82. The van der Waals surface area contributed by atoms with Crippen LogP contribution < -0.4 is 4.74 Å². The van der Waals surface area contributed by atoms with E-state index >= 15 is 0 Å². The van der Waals surface area contributed by atoms with Gasteiger partial charge in [0.05, 0.1) is 11.5 Å². The van der Waals surface area contributed by atoms with Crippen molar-refractivity contribution in [2.45, 2.75) is 32.6 Å². The van der Waals surface area contributed by atoms with Crippen LogP contribution in [0.3, 0.4) is 0 Å². The van der Waals surface area contributed by atoms with Gasteiger partial charge >= 0.3 is 17.6 Å². The number of aryl methyl sites for hydroxylation is 1. The normalized spacial score (nSPS) is 13.6. The first-order chi connectivity index (χ1) is 12.3. The standard InChI is InChI=1S/C15H22N2O3.C2H2O4/c1-13-6-7-15(14(12-13)17(18)19)20-11-5-4-10-16-8-2-3-9-16;3-1(4)2(5)6/h6-7,12H,2-5,8-11H2,1H3;(H,3,4)(H,5,6). The average Bonchev–Trinajstić information content (AvgIpc) is 3.09. The molecule has 1 aromatic rings. The maximum Gasteiger partial charge on any atom is 0.414 e. The summed E-state index contributed by atoms with van der Waals surface area (Å²) in [4.78, 5) is 31.2. The summed E-state index contributed by atoms with van der Waals surface area (Å²) in [6.07, 6.45) is 4.64. The van der Waals surface area contributed by atoms with Crippen molar-refractivity contribution in [1.82, 2.24) is 4.90 Å². The molecule has 144 valence electrons. The minimum Gasteiger partial charge on any atom is -0.487 e. The number of benzene rings is 1. The highest BCUT2D eigenvalue weighted by molar-refractivity contribution is 6.27. The molecule has 26 heavy (non-hydrogen) atoms. The van der Waals surface area contributed by atoms with Crippen LogP contribution in [0, 0.1) is 17.0 Å². The fraction of sp³-hybridized carbons (Fsp3) is 0.529. The molecule has 9 nitrogen and oxygen atoms in total. The highest BCUT2D eigenvalue weighted by Gasteiger charge is 2.15. The molecule has 1 saturated heterocycles. The molecule has 0 saturated carbocycles. The van der Waals surface area contributed by atoms with Gasteiger partial charge in [0.2, 0.25) is 0 Å². The molecule has 0 atom stereocenters. The monoisotopic (exact) mass is 368 g/mol. The number of nitro groups is 1. The van der Waals surface area contributed by atoms with E-state index < -0.39 is 11.9 Å². The third kappa shape index (κ3) is 7.93. The number of hydrogen-bond acceptors (Lipinski definition) is 6. The first-order valence-electron chi connectivity index (χ1n) is 8.37. The SMILES string of the molecule is Cc1ccc(OCCCCN2CCCC2)c([N+](=O)[O-])c1.O=C(O)C(=O)O. The first-order valence-corrected chi connectivity index (χ1v) is 8.37. The van der Waals surface area contributed by atoms with Gasteiger partial charge in [0.15, 0.2) is 5.75 Å². The molecule has 1 aliphatic heterocycles. The van der Waals surface area contributed by atoms with Gasteiger partial charge in [-0.15, -0.1) is 0 Å². The lowest BCUT2D eigenvalue weighted by Crippen LogP contribution is -2.20. The molecule has 9 heteroatoms.